The summed E-state index contributed by atoms with van der Waals surface area (Å²) in [4.78, 5) is 22.3. The summed E-state index contributed by atoms with van der Waals surface area (Å²) in [6.45, 7) is 4.28. The minimum absolute atomic E-state index is 0.00825. The van der Waals surface area contributed by atoms with Crippen LogP contribution in [0.15, 0.2) is 77.5 Å². The molecule has 0 aliphatic carbocycles. The minimum atomic E-state index is -0.478. The third-order valence-corrected chi connectivity index (χ3v) is 4.87. The van der Waals surface area contributed by atoms with Crippen molar-refractivity contribution in [1.29, 1.82) is 0 Å². The second-order valence-electron chi connectivity index (χ2n) is 6.00. The molecule has 152 valence electrons. The molecule has 30 heavy (non-hydrogen) atoms. The van der Waals surface area contributed by atoms with Crippen LogP contribution in [0.4, 0.5) is 5.69 Å². The van der Waals surface area contributed by atoms with Crippen LogP contribution in [0.2, 0.25) is 0 Å². The van der Waals surface area contributed by atoms with Gasteiger partial charge in [-0.1, -0.05) is 48.2 Å². The van der Waals surface area contributed by atoms with E-state index in [1.807, 2.05) is 34.9 Å². The van der Waals surface area contributed by atoms with E-state index in [0.717, 1.165) is 5.56 Å². The largest absolute Gasteiger partial charge is 0.298 e. The number of hydrogen-bond acceptors (Lipinski definition) is 7. The van der Waals surface area contributed by atoms with E-state index >= 15 is 0 Å². The quantitative estimate of drug-likeness (QED) is 0.186. The van der Waals surface area contributed by atoms with E-state index < -0.39 is 4.92 Å². The average Bonchev–Trinajstić information content (AvgIpc) is 3.16. The van der Waals surface area contributed by atoms with Crippen LogP contribution in [0.1, 0.15) is 5.56 Å². The maximum absolute atomic E-state index is 12.1. The standard InChI is InChI=1S/C20H18N6O3S/c1-2-12-25-19(16-6-4-3-5-7-16)23-24-20(25)30-14-18(27)22-21-13-15-8-10-17(11-9-15)26(28)29/h2-11,13H,1,12,14H2,(H,22,27)/b21-13-. The van der Waals surface area contributed by atoms with Crippen LogP contribution in [0.5, 0.6) is 0 Å². The lowest BCUT2D eigenvalue weighted by molar-refractivity contribution is -0.384. The van der Waals surface area contributed by atoms with Crippen LogP contribution < -0.4 is 5.43 Å². The number of carbonyl (C=O) groups excluding carboxylic acids is 1. The highest BCUT2D eigenvalue weighted by Crippen LogP contribution is 2.23. The van der Waals surface area contributed by atoms with Gasteiger partial charge in [-0.15, -0.1) is 16.8 Å². The predicted molar refractivity (Wildman–Crippen MR) is 115 cm³/mol. The first-order valence-electron chi connectivity index (χ1n) is 8.87. The number of nitrogens with one attached hydrogen (secondary N) is 1. The molecule has 0 bridgehead atoms. The van der Waals surface area contributed by atoms with Crippen LogP contribution >= 0.6 is 11.8 Å². The SMILES string of the molecule is C=CCn1c(SCC(=O)N/N=C\c2ccc([N+](=O)[O-])cc2)nnc1-c1ccccc1. The van der Waals surface area contributed by atoms with Crippen molar-refractivity contribution < 1.29 is 9.72 Å². The highest BCUT2D eigenvalue weighted by atomic mass is 32.2. The fraction of sp³-hybridized carbons (Fsp3) is 0.100. The molecule has 1 N–H and O–H groups in total. The molecule has 0 unspecified atom stereocenters. The number of nitro groups is 1. The number of aromatic nitrogens is 3. The van der Waals surface area contributed by atoms with Crippen molar-refractivity contribution in [2.24, 2.45) is 5.10 Å². The van der Waals surface area contributed by atoms with Crippen LogP contribution in [-0.4, -0.2) is 37.6 Å². The maximum Gasteiger partial charge on any atom is 0.269 e. The number of benzene rings is 2. The molecule has 0 spiro atoms. The zero-order valence-electron chi connectivity index (χ0n) is 15.8. The molecule has 0 aliphatic rings. The third kappa shape index (κ3) is 5.39. The first kappa shape index (κ1) is 20.9. The van der Waals surface area contributed by atoms with Gasteiger partial charge in [0.2, 0.25) is 0 Å². The number of rotatable bonds is 9. The zero-order chi connectivity index (χ0) is 21.3. The molecule has 0 atom stereocenters. The molecular weight excluding hydrogens is 404 g/mol. The molecule has 1 heterocycles. The summed E-state index contributed by atoms with van der Waals surface area (Å²) in [5, 5.41) is 23.5. The molecule has 1 aromatic heterocycles. The van der Waals surface area contributed by atoms with E-state index in [4.69, 9.17) is 0 Å². The minimum Gasteiger partial charge on any atom is -0.298 e. The summed E-state index contributed by atoms with van der Waals surface area (Å²) in [6.07, 6.45) is 3.16. The highest BCUT2D eigenvalue weighted by molar-refractivity contribution is 7.99. The van der Waals surface area contributed by atoms with Crippen molar-refractivity contribution in [3.05, 3.63) is 82.9 Å². The molecule has 0 saturated heterocycles. The summed E-state index contributed by atoms with van der Waals surface area (Å²) in [7, 11) is 0. The van der Waals surface area contributed by atoms with Gasteiger partial charge in [0.1, 0.15) is 0 Å². The lowest BCUT2D eigenvalue weighted by Crippen LogP contribution is -2.20. The van der Waals surface area contributed by atoms with E-state index in [1.54, 1.807) is 18.2 Å². The van der Waals surface area contributed by atoms with E-state index in [2.05, 4.69) is 27.3 Å². The number of nitro benzene ring substituents is 1. The summed E-state index contributed by atoms with van der Waals surface area (Å²) < 4.78 is 1.89. The van der Waals surface area contributed by atoms with Gasteiger partial charge in [-0.25, -0.2) is 5.43 Å². The van der Waals surface area contributed by atoms with Gasteiger partial charge in [-0.2, -0.15) is 5.10 Å². The second kappa shape index (κ2) is 10.1. The molecule has 0 saturated carbocycles. The van der Waals surface area contributed by atoms with Gasteiger partial charge >= 0.3 is 0 Å². The summed E-state index contributed by atoms with van der Waals surface area (Å²) in [6, 6.07) is 15.5. The molecule has 2 aromatic carbocycles. The Kier molecular flexibility index (Phi) is 7.06. The second-order valence-corrected chi connectivity index (χ2v) is 6.94. The molecule has 9 nitrogen and oxygen atoms in total. The number of nitrogens with zero attached hydrogens (tertiary/aromatic N) is 5. The predicted octanol–water partition coefficient (Wildman–Crippen LogP) is 3.28. The van der Waals surface area contributed by atoms with Gasteiger partial charge in [0.25, 0.3) is 11.6 Å². The monoisotopic (exact) mass is 422 g/mol. The Balaban J connectivity index is 1.58. The van der Waals surface area contributed by atoms with Crippen molar-refractivity contribution in [2.75, 3.05) is 5.75 Å². The molecule has 1 amide bonds. The smallest absolute Gasteiger partial charge is 0.269 e. The van der Waals surface area contributed by atoms with Gasteiger partial charge in [-0.05, 0) is 17.7 Å². The van der Waals surface area contributed by atoms with Gasteiger partial charge in [0, 0.05) is 24.2 Å². The van der Waals surface area contributed by atoms with Gasteiger partial charge in [-0.3, -0.25) is 19.5 Å². The Labute approximate surface area is 176 Å². The Morgan fingerprint density at radius 2 is 1.93 bits per heavy atom. The fourth-order valence-corrected chi connectivity index (χ4v) is 3.25. The molecule has 10 heteroatoms. The Hall–Kier alpha value is -3.79. The van der Waals surface area contributed by atoms with Gasteiger partial charge < -0.3 is 0 Å². The van der Waals surface area contributed by atoms with Crippen molar-refractivity contribution >= 4 is 29.6 Å². The van der Waals surface area contributed by atoms with Crippen LogP contribution in [-0.2, 0) is 11.3 Å². The van der Waals surface area contributed by atoms with Crippen molar-refractivity contribution in [3.8, 4) is 11.4 Å². The number of hydrogen-bond donors (Lipinski definition) is 1. The topological polar surface area (TPSA) is 115 Å². The highest BCUT2D eigenvalue weighted by Gasteiger charge is 2.14. The number of allylic oxidation sites excluding steroid dienone is 1. The number of hydrazone groups is 1. The third-order valence-electron chi connectivity index (χ3n) is 3.90. The van der Waals surface area contributed by atoms with Gasteiger partial charge in [0.15, 0.2) is 11.0 Å². The first-order valence-corrected chi connectivity index (χ1v) is 9.85. The van der Waals surface area contributed by atoms with Crippen molar-refractivity contribution in [1.82, 2.24) is 20.2 Å². The molecule has 0 fully saturated rings. The number of carbonyl (C=O) groups is 1. The molecule has 0 radical (unpaired) electrons. The molecular formula is C20H18N6O3S. The number of amides is 1. The lowest BCUT2D eigenvalue weighted by Gasteiger charge is -2.07. The number of non-ortho nitro benzene ring substituents is 1. The zero-order valence-corrected chi connectivity index (χ0v) is 16.7. The Morgan fingerprint density at radius 1 is 1.20 bits per heavy atom. The fourth-order valence-electron chi connectivity index (χ4n) is 2.51. The average molecular weight is 422 g/mol. The van der Waals surface area contributed by atoms with Crippen LogP contribution in [0, 0.1) is 10.1 Å². The van der Waals surface area contributed by atoms with Crippen LogP contribution in [0.25, 0.3) is 11.4 Å². The van der Waals surface area contributed by atoms with E-state index in [1.165, 1.54) is 30.1 Å². The Bertz CT molecular complexity index is 1060. The lowest BCUT2D eigenvalue weighted by atomic mass is 10.2. The van der Waals surface area contributed by atoms with Crippen LogP contribution in [0.3, 0.4) is 0 Å². The van der Waals surface area contributed by atoms with Gasteiger partial charge in [0.05, 0.1) is 16.9 Å². The van der Waals surface area contributed by atoms with E-state index in [-0.39, 0.29) is 17.3 Å². The summed E-state index contributed by atoms with van der Waals surface area (Å²) in [5.74, 6) is 0.490. The summed E-state index contributed by atoms with van der Waals surface area (Å²) >= 11 is 1.24. The molecule has 3 rings (SSSR count). The maximum atomic E-state index is 12.1. The molecule has 0 aliphatic heterocycles. The van der Waals surface area contributed by atoms with Crippen molar-refractivity contribution in [3.63, 3.8) is 0 Å². The number of thioether (sulfide) groups is 1. The Morgan fingerprint density at radius 3 is 2.60 bits per heavy atom. The normalized spacial score (nSPS) is 10.8. The van der Waals surface area contributed by atoms with E-state index in [9.17, 15) is 14.9 Å². The molecule has 3 aromatic rings. The van der Waals surface area contributed by atoms with Crippen molar-refractivity contribution in [2.45, 2.75) is 11.7 Å². The first-order chi connectivity index (χ1) is 14.6. The summed E-state index contributed by atoms with van der Waals surface area (Å²) in [5.41, 5.74) is 3.98. The van der Waals surface area contributed by atoms with E-state index in [0.29, 0.717) is 23.1 Å².